The van der Waals surface area contributed by atoms with Gasteiger partial charge in [0.15, 0.2) is 0 Å². The highest BCUT2D eigenvalue weighted by atomic mass is 19.3. The number of benzene rings is 2. The third-order valence-corrected chi connectivity index (χ3v) is 2.92. The summed E-state index contributed by atoms with van der Waals surface area (Å²) in [7, 11) is 0. The molecule has 0 aliphatic rings. The quantitative estimate of drug-likeness (QED) is 0.729. The number of urea groups is 1. The highest BCUT2D eigenvalue weighted by Gasteiger charge is 2.07. The van der Waals surface area contributed by atoms with Gasteiger partial charge in [0.05, 0.1) is 0 Å². The summed E-state index contributed by atoms with van der Waals surface area (Å²) in [5, 5.41) is 5.00. The Bertz CT molecular complexity index is 696. The lowest BCUT2D eigenvalue weighted by Crippen LogP contribution is -2.28. The van der Waals surface area contributed by atoms with Crippen LogP contribution >= 0.6 is 0 Å². The third kappa shape index (κ3) is 6.58. The fourth-order valence-electron chi connectivity index (χ4n) is 1.90. The second-order valence-corrected chi connectivity index (χ2v) is 4.74. The zero-order valence-electron chi connectivity index (χ0n) is 12.7. The van der Waals surface area contributed by atoms with Gasteiger partial charge in [-0.3, -0.25) is 0 Å². The molecule has 2 N–H and O–H groups in total. The summed E-state index contributed by atoms with van der Waals surface area (Å²) in [6, 6.07) is 10.7. The molecule has 0 aromatic heterocycles. The summed E-state index contributed by atoms with van der Waals surface area (Å²) in [5.41, 5.74) is 0.933. The molecule has 0 spiro atoms. The van der Waals surface area contributed by atoms with Crippen molar-refractivity contribution in [1.29, 1.82) is 0 Å². The van der Waals surface area contributed by atoms with Crippen molar-refractivity contribution in [2.45, 2.75) is 19.8 Å². The largest absolute Gasteiger partial charge is 0.435 e. The predicted molar refractivity (Wildman–Crippen MR) is 82.0 cm³/mol. The van der Waals surface area contributed by atoms with E-state index >= 15 is 0 Å². The predicted octanol–water partition coefficient (Wildman–Crippen LogP) is 4.21. The first-order valence-electron chi connectivity index (χ1n) is 7.06. The van der Waals surface area contributed by atoms with E-state index in [1.54, 1.807) is 0 Å². The van der Waals surface area contributed by atoms with Crippen LogP contribution in [-0.4, -0.2) is 19.3 Å². The monoisotopic (exact) mass is 358 g/mol. The minimum absolute atomic E-state index is 0.0130. The van der Waals surface area contributed by atoms with Crippen LogP contribution in [0.15, 0.2) is 48.5 Å². The molecule has 0 fully saturated rings. The number of nitrogens with one attached hydrogen (secondary N) is 2. The lowest BCUT2D eigenvalue weighted by Gasteiger charge is -2.10. The Balaban J connectivity index is 1.84. The van der Waals surface area contributed by atoms with Crippen LogP contribution in [0.3, 0.4) is 0 Å². The van der Waals surface area contributed by atoms with Crippen LogP contribution in [0.5, 0.6) is 11.5 Å². The molecule has 0 bridgehead atoms. The van der Waals surface area contributed by atoms with Crippen molar-refractivity contribution >= 4 is 11.7 Å². The van der Waals surface area contributed by atoms with Gasteiger partial charge in [-0.05, 0) is 29.8 Å². The average Bonchev–Trinajstić information content (AvgIpc) is 2.53. The molecule has 2 aromatic rings. The Morgan fingerprint density at radius 3 is 2.20 bits per heavy atom. The number of hydrogen-bond donors (Lipinski definition) is 2. The topological polar surface area (TPSA) is 59.6 Å². The van der Waals surface area contributed by atoms with Crippen molar-refractivity contribution in [3.8, 4) is 11.5 Å². The van der Waals surface area contributed by atoms with Crippen molar-refractivity contribution in [3.63, 3.8) is 0 Å². The maximum atomic E-state index is 12.1. The number of alkyl halides is 4. The van der Waals surface area contributed by atoms with Gasteiger partial charge in [0, 0.05) is 18.3 Å². The maximum absolute atomic E-state index is 12.1. The molecule has 0 aliphatic heterocycles. The summed E-state index contributed by atoms with van der Waals surface area (Å²) in [5.74, 6) is -0.0681. The summed E-state index contributed by atoms with van der Waals surface area (Å²) in [6.45, 7) is -5.73. The van der Waals surface area contributed by atoms with Crippen molar-refractivity contribution in [3.05, 3.63) is 54.1 Å². The van der Waals surface area contributed by atoms with E-state index in [-0.39, 0.29) is 23.7 Å². The zero-order valence-corrected chi connectivity index (χ0v) is 12.7. The molecule has 2 aromatic carbocycles. The van der Waals surface area contributed by atoms with Gasteiger partial charge in [-0.15, -0.1) is 0 Å². The molecular weight excluding hydrogens is 344 g/mol. The fraction of sp³-hybridized carbons (Fsp3) is 0.188. The number of carbonyl (C=O) groups is 1. The molecule has 25 heavy (non-hydrogen) atoms. The molecule has 0 atom stereocenters. The smallest absolute Gasteiger partial charge is 0.387 e. The van der Waals surface area contributed by atoms with Gasteiger partial charge in [0.2, 0.25) is 0 Å². The first kappa shape index (κ1) is 18.4. The zero-order chi connectivity index (χ0) is 18.2. The molecule has 0 saturated carbocycles. The van der Waals surface area contributed by atoms with E-state index in [4.69, 9.17) is 0 Å². The minimum Gasteiger partial charge on any atom is -0.435 e. The SMILES string of the molecule is O=C(NCc1ccc(OC(F)F)cc1)Nc1cccc(OC(F)F)c1. The van der Waals surface area contributed by atoms with Gasteiger partial charge >= 0.3 is 19.3 Å². The van der Waals surface area contributed by atoms with Crippen molar-refractivity contribution in [2.75, 3.05) is 5.32 Å². The Morgan fingerprint density at radius 2 is 1.56 bits per heavy atom. The van der Waals surface area contributed by atoms with E-state index in [0.717, 1.165) is 0 Å². The van der Waals surface area contributed by atoms with Gasteiger partial charge in [-0.25, -0.2) is 4.79 Å². The molecule has 5 nitrogen and oxygen atoms in total. The number of amides is 2. The average molecular weight is 358 g/mol. The highest BCUT2D eigenvalue weighted by Crippen LogP contribution is 2.19. The van der Waals surface area contributed by atoms with E-state index in [2.05, 4.69) is 20.1 Å². The Morgan fingerprint density at radius 1 is 0.920 bits per heavy atom. The number of halogens is 4. The molecule has 0 aliphatic carbocycles. The molecule has 134 valence electrons. The van der Waals surface area contributed by atoms with Gasteiger partial charge in [0.25, 0.3) is 0 Å². The lowest BCUT2D eigenvalue weighted by molar-refractivity contribution is -0.0505. The minimum atomic E-state index is -2.96. The molecule has 2 amide bonds. The maximum Gasteiger partial charge on any atom is 0.387 e. The van der Waals surface area contributed by atoms with Crippen LogP contribution in [0.1, 0.15) is 5.56 Å². The van der Waals surface area contributed by atoms with Crippen molar-refractivity contribution < 1.29 is 31.8 Å². The summed E-state index contributed by atoms with van der Waals surface area (Å²) < 4.78 is 56.8. The van der Waals surface area contributed by atoms with Crippen LogP contribution in [0.25, 0.3) is 0 Å². The molecule has 0 saturated heterocycles. The Hall–Kier alpha value is -2.97. The fourth-order valence-corrected chi connectivity index (χ4v) is 1.90. The highest BCUT2D eigenvalue weighted by molar-refractivity contribution is 5.89. The van der Waals surface area contributed by atoms with Crippen molar-refractivity contribution in [1.82, 2.24) is 5.32 Å². The number of carbonyl (C=O) groups excluding carboxylic acids is 1. The summed E-state index contributed by atoms with van der Waals surface area (Å²) >= 11 is 0. The molecule has 0 unspecified atom stereocenters. The standard InChI is InChI=1S/C16H14F4N2O3/c17-14(18)24-12-6-4-10(5-7-12)9-21-16(23)22-11-2-1-3-13(8-11)25-15(19)20/h1-8,14-15H,9H2,(H2,21,22,23). The summed E-state index contributed by atoms with van der Waals surface area (Å²) in [4.78, 5) is 11.8. The van der Waals surface area contributed by atoms with Crippen LogP contribution < -0.4 is 20.1 Å². The molecule has 0 heterocycles. The van der Waals surface area contributed by atoms with E-state index in [9.17, 15) is 22.4 Å². The first-order valence-corrected chi connectivity index (χ1v) is 7.06. The Kier molecular flexibility index (Phi) is 6.44. The van der Waals surface area contributed by atoms with Crippen LogP contribution in [0.2, 0.25) is 0 Å². The molecule has 0 radical (unpaired) electrons. The van der Waals surface area contributed by atoms with Gasteiger partial charge in [-0.2, -0.15) is 17.6 Å². The second-order valence-electron chi connectivity index (χ2n) is 4.74. The van der Waals surface area contributed by atoms with Crippen LogP contribution in [-0.2, 0) is 6.54 Å². The van der Waals surface area contributed by atoms with Gasteiger partial charge in [0.1, 0.15) is 11.5 Å². The molecule has 2 rings (SSSR count). The normalized spacial score (nSPS) is 10.6. The summed E-state index contributed by atoms with van der Waals surface area (Å²) in [6.07, 6.45) is 0. The number of anilines is 1. The van der Waals surface area contributed by atoms with Gasteiger partial charge in [-0.1, -0.05) is 18.2 Å². The van der Waals surface area contributed by atoms with E-state index in [0.29, 0.717) is 5.56 Å². The lowest BCUT2D eigenvalue weighted by atomic mass is 10.2. The first-order chi connectivity index (χ1) is 11.9. The number of hydrogen-bond acceptors (Lipinski definition) is 3. The third-order valence-electron chi connectivity index (χ3n) is 2.92. The second kappa shape index (κ2) is 8.76. The van der Waals surface area contributed by atoms with Crippen LogP contribution in [0, 0.1) is 0 Å². The number of ether oxygens (including phenoxy) is 2. The van der Waals surface area contributed by atoms with E-state index < -0.39 is 19.3 Å². The number of rotatable bonds is 7. The van der Waals surface area contributed by atoms with Crippen molar-refractivity contribution in [2.24, 2.45) is 0 Å². The molecular formula is C16H14F4N2O3. The van der Waals surface area contributed by atoms with Gasteiger partial charge < -0.3 is 20.1 Å². The molecule has 9 heteroatoms. The Labute approximate surface area is 140 Å². The van der Waals surface area contributed by atoms with E-state index in [1.807, 2.05) is 0 Å². The van der Waals surface area contributed by atoms with Crippen LogP contribution in [0.4, 0.5) is 28.0 Å². The van der Waals surface area contributed by atoms with E-state index in [1.165, 1.54) is 48.5 Å².